The number of thiazole rings is 1. The number of piperidine rings is 1. The maximum absolute atomic E-state index is 14.3. The quantitative estimate of drug-likeness (QED) is 0.213. The molecule has 1 aromatic carbocycles. The first-order valence-corrected chi connectivity index (χ1v) is 19.8. The minimum Gasteiger partial charge on any atom is -0.383 e. The van der Waals surface area contributed by atoms with Crippen molar-refractivity contribution in [3.8, 4) is 5.82 Å². The van der Waals surface area contributed by atoms with Crippen LogP contribution in [-0.4, -0.2) is 88.0 Å². The molecule has 54 heavy (non-hydrogen) atoms. The van der Waals surface area contributed by atoms with Gasteiger partial charge in [-0.25, -0.2) is 23.7 Å². The average molecular weight is 798 g/mol. The first-order valence-electron chi connectivity index (χ1n) is 17.1. The Hall–Kier alpha value is -4.53. The van der Waals surface area contributed by atoms with Crippen LogP contribution >= 0.6 is 22.9 Å². The molecule has 2 N–H and O–H groups in total. The van der Waals surface area contributed by atoms with E-state index in [9.17, 15) is 26.7 Å². The Labute approximate surface area is 315 Å². The molecule has 2 bridgehead atoms. The number of fused-ring (bicyclic) bond motifs is 3. The lowest BCUT2D eigenvalue weighted by Gasteiger charge is -2.42. The van der Waals surface area contributed by atoms with Crippen molar-refractivity contribution >= 4 is 44.6 Å². The molecule has 20 heteroatoms. The van der Waals surface area contributed by atoms with Crippen LogP contribution in [0.4, 0.5) is 13.2 Å². The summed E-state index contributed by atoms with van der Waals surface area (Å²) in [5.74, 6) is 0.416. The summed E-state index contributed by atoms with van der Waals surface area (Å²) in [6, 6.07) is 8.13. The number of aliphatic hydroxyl groups is 1. The summed E-state index contributed by atoms with van der Waals surface area (Å²) in [5.41, 5.74) is 0.602. The molecule has 9 rings (SSSR count). The summed E-state index contributed by atoms with van der Waals surface area (Å²) in [7, 11) is -4.12. The lowest BCUT2D eigenvalue weighted by molar-refractivity contribution is -0.0378. The molecule has 4 atom stereocenters. The maximum atomic E-state index is 14.3. The van der Waals surface area contributed by atoms with E-state index < -0.39 is 52.3 Å². The molecule has 0 amide bonds. The number of rotatable bonds is 9. The molecule has 4 aromatic heterocycles. The fraction of sp³-hybridized carbons (Fsp3) is 0.353. The molecule has 0 radical (unpaired) electrons. The summed E-state index contributed by atoms with van der Waals surface area (Å²) < 4.78 is 76.8. The minimum atomic E-state index is -4.12. The highest BCUT2D eigenvalue weighted by Gasteiger charge is 2.54. The van der Waals surface area contributed by atoms with Crippen molar-refractivity contribution in [3.05, 3.63) is 111 Å². The van der Waals surface area contributed by atoms with Gasteiger partial charge >= 0.3 is 6.55 Å². The lowest BCUT2D eigenvalue weighted by Crippen LogP contribution is -2.56. The van der Waals surface area contributed by atoms with Crippen LogP contribution in [0.5, 0.6) is 0 Å². The molecule has 14 nitrogen and oxygen atoms in total. The van der Waals surface area contributed by atoms with Crippen LogP contribution in [0.15, 0.2) is 83.3 Å². The number of benzene rings is 1. The second-order valence-corrected chi connectivity index (χ2v) is 16.6. The Kier molecular flexibility index (Phi) is 8.70. The third kappa shape index (κ3) is 6.12. The predicted molar refractivity (Wildman–Crippen MR) is 191 cm³/mol. The van der Waals surface area contributed by atoms with Gasteiger partial charge in [-0.1, -0.05) is 28.9 Å². The summed E-state index contributed by atoms with van der Waals surface area (Å²) in [4.78, 5) is 15.6. The van der Waals surface area contributed by atoms with Gasteiger partial charge < -0.3 is 10.0 Å². The molecule has 8 heterocycles. The molecule has 0 spiro atoms. The van der Waals surface area contributed by atoms with E-state index in [2.05, 4.69) is 30.1 Å². The van der Waals surface area contributed by atoms with E-state index >= 15 is 0 Å². The van der Waals surface area contributed by atoms with E-state index in [1.165, 1.54) is 38.5 Å². The van der Waals surface area contributed by atoms with E-state index in [1.54, 1.807) is 36.1 Å². The molecule has 0 saturated carbocycles. The summed E-state index contributed by atoms with van der Waals surface area (Å²) >= 11 is 7.91. The van der Waals surface area contributed by atoms with E-state index in [0.717, 1.165) is 12.3 Å². The van der Waals surface area contributed by atoms with E-state index in [4.69, 9.17) is 16.6 Å². The van der Waals surface area contributed by atoms with Gasteiger partial charge in [0, 0.05) is 76.9 Å². The van der Waals surface area contributed by atoms with Crippen molar-refractivity contribution < 1.29 is 26.7 Å². The first kappa shape index (κ1) is 35.2. The number of nitrogens with one attached hydrogen (secondary N) is 1. The zero-order chi connectivity index (χ0) is 37.4. The van der Waals surface area contributed by atoms with Crippen LogP contribution in [-0.2, 0) is 15.8 Å². The smallest absolute Gasteiger partial charge is 0.333 e. The van der Waals surface area contributed by atoms with Crippen molar-refractivity contribution in [1.29, 1.82) is 0 Å². The predicted octanol–water partition coefficient (Wildman–Crippen LogP) is 4.84. The second kappa shape index (κ2) is 13.3. The van der Waals surface area contributed by atoms with E-state index in [-0.39, 0.29) is 36.5 Å². The Morgan fingerprint density at radius 1 is 1.07 bits per heavy atom. The van der Waals surface area contributed by atoms with Crippen molar-refractivity contribution in [2.75, 3.05) is 6.54 Å². The minimum absolute atomic E-state index is 0.0807. The molecule has 5 aromatic rings. The number of halogens is 4. The largest absolute Gasteiger partial charge is 0.383 e. The Morgan fingerprint density at radius 3 is 2.57 bits per heavy atom. The van der Waals surface area contributed by atoms with E-state index in [1.807, 2.05) is 11.0 Å². The number of aromatic nitrogens is 7. The number of hydrogen-bond donors (Lipinski definition) is 2. The highest BCUT2D eigenvalue weighted by Crippen LogP contribution is 2.48. The fourth-order valence-electron chi connectivity index (χ4n) is 8.17. The van der Waals surface area contributed by atoms with Gasteiger partial charge in [0.15, 0.2) is 16.7 Å². The van der Waals surface area contributed by atoms with Crippen LogP contribution in [0, 0.1) is 5.82 Å². The highest BCUT2D eigenvalue weighted by molar-refractivity contribution is 7.87. The molecular weight excluding hydrogens is 767 g/mol. The molecule has 4 aliphatic heterocycles. The van der Waals surface area contributed by atoms with Crippen LogP contribution < -0.4 is 4.72 Å². The Bertz CT molecular complexity index is 2380. The van der Waals surface area contributed by atoms with Crippen LogP contribution in [0.25, 0.3) is 11.4 Å². The average Bonchev–Trinajstić information content (AvgIpc) is 3.98. The van der Waals surface area contributed by atoms with Gasteiger partial charge in [-0.2, -0.15) is 31.3 Å². The van der Waals surface area contributed by atoms with Gasteiger partial charge in [0.05, 0.1) is 11.9 Å². The number of pyridine rings is 1. The second-order valence-electron chi connectivity index (χ2n) is 13.7. The first-order chi connectivity index (χ1) is 26.0. The molecule has 3 saturated heterocycles. The topological polar surface area (TPSA) is 160 Å². The number of alkyl halides is 2. The Balaban J connectivity index is 1.03. The summed E-state index contributed by atoms with van der Waals surface area (Å²) in [6.07, 6.45) is 7.56. The molecule has 3 fully saturated rings. The molecule has 2 unspecified atom stereocenters. The van der Waals surface area contributed by atoms with Gasteiger partial charge in [0.1, 0.15) is 23.2 Å². The summed E-state index contributed by atoms with van der Waals surface area (Å²) in [5, 5.41) is 26.8. The standard InChI is InChI=1S/C34H31ClF3N11O3S2/c35-24-13-19(36)4-7-23(24)30-29(25-8-11-47(43-25)33(37)38)26-14-20(17-46(26)31(41-30)32-40-10-12-53-32)44-54(51,52)49-21-5-6-22(49)16-34(50,15-21)27-18-48(45-42-27)28-3-1-2-9-39-28/h1-4,7-13,18,20-22,30,33,44,50H,5-6,14-17H2/t20-,21?,22?,30-,34?/m0/s1. The van der Waals surface area contributed by atoms with Crippen molar-refractivity contribution in [2.24, 2.45) is 4.99 Å². The molecular formula is C34H31ClF3N11O3S2. The molecule has 4 aliphatic rings. The fourth-order valence-corrected chi connectivity index (χ4v) is 10.9. The third-order valence-electron chi connectivity index (χ3n) is 10.4. The van der Waals surface area contributed by atoms with Crippen LogP contribution in [0.2, 0.25) is 5.02 Å². The number of hydrogen-bond acceptors (Lipinski definition) is 11. The normalized spacial score (nSPS) is 25.8. The van der Waals surface area contributed by atoms with E-state index in [0.29, 0.717) is 56.7 Å². The zero-order valence-corrected chi connectivity index (χ0v) is 30.5. The zero-order valence-electron chi connectivity index (χ0n) is 28.1. The van der Waals surface area contributed by atoms with Crippen molar-refractivity contribution in [2.45, 2.75) is 68.4 Å². The van der Waals surface area contributed by atoms with Crippen molar-refractivity contribution in [3.63, 3.8) is 0 Å². The maximum Gasteiger partial charge on any atom is 0.333 e. The molecule has 280 valence electrons. The van der Waals surface area contributed by atoms with Crippen molar-refractivity contribution in [1.82, 2.24) is 48.7 Å². The van der Waals surface area contributed by atoms with Gasteiger partial charge in [0.2, 0.25) is 0 Å². The van der Waals surface area contributed by atoms with Gasteiger partial charge in [-0.3, -0.25) is 4.99 Å². The SMILES string of the molecule is O=S(=O)(N[C@H]1CC2=C(c3ccn(C(F)F)n3)[C@H](c3ccc(F)cc3Cl)N=C(c3nccs3)N2C1)N1C2CCC1CC(O)(c1cn(-c3ccccn3)nn1)C2. The van der Waals surface area contributed by atoms with Gasteiger partial charge in [-0.05, 0) is 56.0 Å². The third-order valence-corrected chi connectivity index (χ3v) is 13.3. The van der Waals surface area contributed by atoms with Crippen LogP contribution in [0.3, 0.4) is 0 Å². The van der Waals surface area contributed by atoms with Gasteiger partial charge in [0.25, 0.3) is 10.2 Å². The Morgan fingerprint density at radius 2 is 1.89 bits per heavy atom. The van der Waals surface area contributed by atoms with Gasteiger partial charge in [-0.15, -0.1) is 16.4 Å². The lowest BCUT2D eigenvalue weighted by atomic mass is 9.85. The number of nitrogens with zero attached hydrogens (tertiary/aromatic N) is 10. The highest BCUT2D eigenvalue weighted by atomic mass is 35.5. The number of amidine groups is 1. The van der Waals surface area contributed by atoms with Crippen LogP contribution in [0.1, 0.15) is 66.7 Å². The number of aliphatic imine (C=N–C) groups is 1. The molecule has 0 aliphatic carbocycles. The summed E-state index contributed by atoms with van der Waals surface area (Å²) in [6.45, 7) is -2.75. The monoisotopic (exact) mass is 797 g/mol.